The van der Waals surface area contributed by atoms with Crippen molar-refractivity contribution in [3.63, 3.8) is 0 Å². The summed E-state index contributed by atoms with van der Waals surface area (Å²) in [6.45, 7) is -0.189. The first-order valence-electron chi connectivity index (χ1n) is 4.98. The third-order valence-electron chi connectivity index (χ3n) is 2.07. The number of hydrogen-bond donors (Lipinski definition) is 2. The molecule has 1 aromatic carbocycles. The van der Waals surface area contributed by atoms with E-state index < -0.39 is 21.9 Å². The van der Waals surface area contributed by atoms with E-state index in [1.807, 2.05) is 0 Å². The number of sulfonamides is 1. The molecule has 102 valence electrons. The molecule has 5 nitrogen and oxygen atoms in total. The summed E-state index contributed by atoms with van der Waals surface area (Å²) in [5.74, 6) is -0.671. The molecule has 0 fully saturated rings. The summed E-state index contributed by atoms with van der Waals surface area (Å²) in [4.78, 5) is -0.201. The van der Waals surface area contributed by atoms with Gasteiger partial charge in [0.2, 0.25) is 10.0 Å². The lowest BCUT2D eigenvalue weighted by molar-refractivity contribution is 0.0679. The van der Waals surface area contributed by atoms with Crippen LogP contribution in [-0.2, 0) is 14.8 Å². The van der Waals surface area contributed by atoms with Crippen LogP contribution in [0.1, 0.15) is 0 Å². The molecule has 1 rings (SSSR count). The number of hydrogen-bond acceptors (Lipinski definition) is 4. The van der Waals surface area contributed by atoms with Crippen molar-refractivity contribution in [2.24, 2.45) is 0 Å². The third-order valence-corrected chi connectivity index (χ3v) is 4.13. The molecule has 0 amide bonds. The van der Waals surface area contributed by atoms with Gasteiger partial charge in [0.15, 0.2) is 0 Å². The number of rotatable bonds is 6. The predicted octanol–water partition coefficient (Wildman–Crippen LogP) is 0.874. The van der Waals surface area contributed by atoms with E-state index in [9.17, 15) is 17.9 Å². The fourth-order valence-electron chi connectivity index (χ4n) is 1.18. The molecule has 1 aromatic rings. The minimum atomic E-state index is -3.84. The Morgan fingerprint density at radius 3 is 2.78 bits per heavy atom. The van der Waals surface area contributed by atoms with Gasteiger partial charge in [0, 0.05) is 13.7 Å². The van der Waals surface area contributed by atoms with E-state index in [-0.39, 0.29) is 22.5 Å². The standard InChI is InChI=1S/C10H13BrFNO4S/c1-17-6-7(14)5-13-18(15,16)8-2-3-9(11)10(12)4-8/h2-4,7,13-14H,5-6H2,1H3. The zero-order valence-electron chi connectivity index (χ0n) is 9.56. The first-order chi connectivity index (χ1) is 8.36. The second-order valence-corrected chi connectivity index (χ2v) is 6.16. The van der Waals surface area contributed by atoms with E-state index in [1.54, 1.807) is 0 Å². The number of nitrogens with one attached hydrogen (secondary N) is 1. The average molecular weight is 342 g/mol. The molecule has 0 radical (unpaired) electrons. The van der Waals surface area contributed by atoms with Gasteiger partial charge < -0.3 is 9.84 Å². The van der Waals surface area contributed by atoms with E-state index in [4.69, 9.17) is 0 Å². The first kappa shape index (κ1) is 15.5. The molecule has 0 saturated heterocycles. The smallest absolute Gasteiger partial charge is 0.240 e. The van der Waals surface area contributed by atoms with Crippen molar-refractivity contribution in [2.45, 2.75) is 11.0 Å². The molecule has 0 aromatic heterocycles. The van der Waals surface area contributed by atoms with Gasteiger partial charge in [-0.15, -0.1) is 0 Å². The van der Waals surface area contributed by atoms with Crippen LogP contribution in [0.3, 0.4) is 0 Å². The number of ether oxygens (including phenoxy) is 1. The van der Waals surface area contributed by atoms with Crippen molar-refractivity contribution in [1.29, 1.82) is 0 Å². The van der Waals surface area contributed by atoms with E-state index in [1.165, 1.54) is 19.2 Å². The monoisotopic (exact) mass is 341 g/mol. The highest BCUT2D eigenvalue weighted by atomic mass is 79.9. The number of benzene rings is 1. The van der Waals surface area contributed by atoms with Crippen LogP contribution in [0.25, 0.3) is 0 Å². The molecule has 0 aliphatic heterocycles. The molecule has 0 spiro atoms. The zero-order chi connectivity index (χ0) is 13.8. The van der Waals surface area contributed by atoms with Crippen molar-refractivity contribution in [3.8, 4) is 0 Å². The van der Waals surface area contributed by atoms with Crippen molar-refractivity contribution in [3.05, 3.63) is 28.5 Å². The largest absolute Gasteiger partial charge is 0.389 e. The maximum absolute atomic E-state index is 13.2. The summed E-state index contributed by atoms with van der Waals surface area (Å²) < 4.78 is 43.7. The van der Waals surface area contributed by atoms with Gasteiger partial charge in [-0.2, -0.15) is 0 Å². The van der Waals surface area contributed by atoms with Crippen LogP contribution < -0.4 is 4.72 Å². The lowest BCUT2D eigenvalue weighted by Gasteiger charge is -2.11. The number of methoxy groups -OCH3 is 1. The minimum absolute atomic E-state index is 0.0111. The molecule has 0 heterocycles. The predicted molar refractivity (Wildman–Crippen MR) is 67.2 cm³/mol. The molecule has 0 saturated carbocycles. The van der Waals surface area contributed by atoms with Gasteiger partial charge in [-0.1, -0.05) is 0 Å². The molecule has 1 atom stereocenters. The summed E-state index contributed by atoms with van der Waals surface area (Å²) in [7, 11) is -2.45. The van der Waals surface area contributed by atoms with Crippen LogP contribution in [0.5, 0.6) is 0 Å². The van der Waals surface area contributed by atoms with Crippen molar-refractivity contribution in [2.75, 3.05) is 20.3 Å². The number of aliphatic hydroxyl groups excluding tert-OH is 1. The Balaban J connectivity index is 2.77. The van der Waals surface area contributed by atoms with Crippen LogP contribution in [0, 0.1) is 5.82 Å². The van der Waals surface area contributed by atoms with Gasteiger partial charge in [-0.3, -0.25) is 0 Å². The SMILES string of the molecule is COCC(O)CNS(=O)(=O)c1ccc(Br)c(F)c1. The highest BCUT2D eigenvalue weighted by molar-refractivity contribution is 9.10. The van der Waals surface area contributed by atoms with Gasteiger partial charge >= 0.3 is 0 Å². The molecule has 0 bridgehead atoms. The molecule has 2 N–H and O–H groups in total. The number of aliphatic hydroxyl groups is 1. The molecule has 18 heavy (non-hydrogen) atoms. The third kappa shape index (κ3) is 4.29. The Labute approximate surface area is 113 Å². The summed E-state index contributed by atoms with van der Waals surface area (Å²) >= 11 is 2.93. The topological polar surface area (TPSA) is 75.6 Å². The quantitative estimate of drug-likeness (QED) is 0.805. The first-order valence-corrected chi connectivity index (χ1v) is 7.26. The Kier molecular flexibility index (Phi) is 5.67. The van der Waals surface area contributed by atoms with E-state index in [0.717, 1.165) is 6.07 Å². The molecule has 1 unspecified atom stereocenters. The zero-order valence-corrected chi connectivity index (χ0v) is 12.0. The lowest BCUT2D eigenvalue weighted by Crippen LogP contribution is -2.34. The maximum atomic E-state index is 13.2. The Hall–Kier alpha value is -0.540. The highest BCUT2D eigenvalue weighted by Crippen LogP contribution is 2.19. The second kappa shape index (κ2) is 6.58. The maximum Gasteiger partial charge on any atom is 0.240 e. The summed E-state index contributed by atoms with van der Waals surface area (Å²) in [6.07, 6.45) is -0.954. The van der Waals surface area contributed by atoms with Crippen LogP contribution in [0.15, 0.2) is 27.6 Å². The molecule has 8 heteroatoms. The fraction of sp³-hybridized carbons (Fsp3) is 0.400. The second-order valence-electron chi connectivity index (χ2n) is 3.54. The van der Waals surface area contributed by atoms with Gasteiger partial charge in [-0.25, -0.2) is 17.5 Å². The molecular weight excluding hydrogens is 329 g/mol. The molecule has 0 aliphatic rings. The molecule has 0 aliphatic carbocycles. The summed E-state index contributed by atoms with van der Waals surface area (Å²) in [6, 6.07) is 3.46. The highest BCUT2D eigenvalue weighted by Gasteiger charge is 2.17. The normalized spacial score (nSPS) is 13.6. The van der Waals surface area contributed by atoms with Crippen molar-refractivity contribution >= 4 is 26.0 Å². The van der Waals surface area contributed by atoms with Crippen LogP contribution in [0.4, 0.5) is 4.39 Å². The Morgan fingerprint density at radius 1 is 1.56 bits per heavy atom. The van der Waals surface area contributed by atoms with E-state index in [0.29, 0.717) is 0 Å². The molecular formula is C10H13BrFNO4S. The van der Waals surface area contributed by atoms with Gasteiger partial charge in [0.1, 0.15) is 5.82 Å². The summed E-state index contributed by atoms with van der Waals surface area (Å²) in [5.41, 5.74) is 0. The fourth-order valence-corrected chi connectivity index (χ4v) is 2.52. The Morgan fingerprint density at radius 2 is 2.22 bits per heavy atom. The van der Waals surface area contributed by atoms with Gasteiger partial charge in [-0.05, 0) is 34.1 Å². The lowest BCUT2D eigenvalue weighted by atomic mass is 10.3. The van der Waals surface area contributed by atoms with Crippen LogP contribution >= 0.6 is 15.9 Å². The van der Waals surface area contributed by atoms with Crippen LogP contribution in [0.2, 0.25) is 0 Å². The minimum Gasteiger partial charge on any atom is -0.389 e. The van der Waals surface area contributed by atoms with Gasteiger partial charge in [0.25, 0.3) is 0 Å². The Bertz CT molecular complexity index is 509. The number of halogens is 2. The van der Waals surface area contributed by atoms with Gasteiger partial charge in [0.05, 0.1) is 22.1 Å². The van der Waals surface area contributed by atoms with Crippen molar-refractivity contribution < 1.29 is 22.7 Å². The van der Waals surface area contributed by atoms with E-state index in [2.05, 4.69) is 25.4 Å². The average Bonchev–Trinajstić information content (AvgIpc) is 2.30. The van der Waals surface area contributed by atoms with Crippen molar-refractivity contribution in [1.82, 2.24) is 4.72 Å². The summed E-state index contributed by atoms with van der Waals surface area (Å²) in [5, 5.41) is 9.32. The van der Waals surface area contributed by atoms with E-state index >= 15 is 0 Å². The van der Waals surface area contributed by atoms with Crippen LogP contribution in [-0.4, -0.2) is 39.9 Å².